The minimum atomic E-state index is -0.224. The summed E-state index contributed by atoms with van der Waals surface area (Å²) in [6, 6.07) is 9.25. The number of hydrogen-bond donors (Lipinski definition) is 2. The van der Waals surface area contributed by atoms with Crippen LogP contribution in [0.15, 0.2) is 47.7 Å². The summed E-state index contributed by atoms with van der Waals surface area (Å²) in [6.45, 7) is 4.87. The molecule has 0 radical (unpaired) electrons. The monoisotopic (exact) mass is 331 g/mol. The first-order chi connectivity index (χ1) is 11.6. The molecule has 0 spiro atoms. The van der Waals surface area contributed by atoms with Crippen molar-refractivity contribution >= 4 is 11.6 Å². The molecule has 130 valence electrons. The summed E-state index contributed by atoms with van der Waals surface area (Å²) >= 11 is 0. The lowest BCUT2D eigenvalue weighted by molar-refractivity contribution is 0.623. The van der Waals surface area contributed by atoms with Crippen molar-refractivity contribution in [2.75, 3.05) is 32.1 Å². The Hall–Kier alpha value is -2.50. The molecule has 6 heteroatoms. The van der Waals surface area contributed by atoms with Gasteiger partial charge in [-0.2, -0.15) is 0 Å². The molecule has 1 aromatic heterocycles. The number of nitrogens with zero attached hydrogens (tertiary/aromatic N) is 3. The Morgan fingerprint density at radius 1 is 1.21 bits per heavy atom. The second-order valence-corrected chi connectivity index (χ2v) is 5.72. The van der Waals surface area contributed by atoms with Gasteiger partial charge in [-0.15, -0.1) is 0 Å². The number of guanidine groups is 1. The normalized spacial score (nSPS) is 11.4. The highest BCUT2D eigenvalue weighted by Crippen LogP contribution is 2.18. The molecule has 0 aliphatic rings. The molecule has 1 aromatic carbocycles. The van der Waals surface area contributed by atoms with Gasteiger partial charge in [0.05, 0.1) is 12.2 Å². The molecule has 0 unspecified atom stereocenters. The molecule has 0 saturated carbocycles. The third kappa shape index (κ3) is 5.30. The van der Waals surface area contributed by atoms with Crippen molar-refractivity contribution in [1.82, 2.24) is 15.2 Å². The number of nitrogens with one attached hydrogen (secondary N) is 2. The van der Waals surface area contributed by atoms with Crippen LogP contribution in [0.4, 0.5) is 10.1 Å². The minimum Gasteiger partial charge on any atom is -0.375 e. The van der Waals surface area contributed by atoms with Gasteiger partial charge >= 0.3 is 0 Å². The zero-order valence-electron chi connectivity index (χ0n) is 14.6. The fraction of sp³-hybridized carbons (Fsp3) is 0.389. The van der Waals surface area contributed by atoms with Crippen molar-refractivity contribution in [3.05, 3.63) is 54.1 Å². The van der Waals surface area contributed by atoms with Crippen molar-refractivity contribution in [3.63, 3.8) is 0 Å². The van der Waals surface area contributed by atoms with Gasteiger partial charge in [-0.05, 0) is 36.8 Å². The van der Waals surface area contributed by atoms with Gasteiger partial charge in [0.15, 0.2) is 5.96 Å². The van der Waals surface area contributed by atoms with Gasteiger partial charge < -0.3 is 20.1 Å². The molecule has 0 aliphatic carbocycles. The first-order valence-corrected chi connectivity index (χ1v) is 8.19. The molecule has 0 fully saturated rings. The molecule has 2 aromatic rings. The Morgan fingerprint density at radius 3 is 2.58 bits per heavy atom. The zero-order valence-corrected chi connectivity index (χ0v) is 14.6. The number of hydrogen-bond acceptors (Lipinski definition) is 2. The van der Waals surface area contributed by atoms with Crippen LogP contribution in [0.25, 0.3) is 0 Å². The zero-order chi connectivity index (χ0) is 17.4. The van der Waals surface area contributed by atoms with Crippen molar-refractivity contribution in [2.24, 2.45) is 4.99 Å². The molecule has 0 bridgehead atoms. The van der Waals surface area contributed by atoms with Crippen LogP contribution >= 0.6 is 0 Å². The summed E-state index contributed by atoms with van der Waals surface area (Å²) in [5.74, 6) is 0.514. The third-order valence-corrected chi connectivity index (χ3v) is 3.59. The van der Waals surface area contributed by atoms with Crippen LogP contribution in [0.3, 0.4) is 0 Å². The van der Waals surface area contributed by atoms with E-state index >= 15 is 0 Å². The van der Waals surface area contributed by atoms with Crippen molar-refractivity contribution in [1.29, 1.82) is 0 Å². The molecule has 2 rings (SSSR count). The first-order valence-electron chi connectivity index (χ1n) is 8.19. The number of aliphatic imine (C=N–C) groups is 1. The molecular weight excluding hydrogens is 305 g/mol. The average molecular weight is 331 g/mol. The number of rotatable bonds is 7. The SMILES string of the molecule is CCNC(=NCc1ccc(N(C)C)c(F)c1)NCCn1cccc1. The van der Waals surface area contributed by atoms with Gasteiger partial charge in [0.2, 0.25) is 0 Å². The van der Waals surface area contributed by atoms with Crippen LogP contribution in [0.5, 0.6) is 0 Å². The highest BCUT2D eigenvalue weighted by molar-refractivity contribution is 5.79. The number of aromatic nitrogens is 1. The summed E-state index contributed by atoms with van der Waals surface area (Å²) in [5.41, 5.74) is 1.43. The van der Waals surface area contributed by atoms with Gasteiger partial charge in [-0.3, -0.25) is 0 Å². The fourth-order valence-corrected chi connectivity index (χ4v) is 2.35. The van der Waals surface area contributed by atoms with Crippen molar-refractivity contribution in [2.45, 2.75) is 20.0 Å². The first kappa shape index (κ1) is 17.8. The van der Waals surface area contributed by atoms with Crippen LogP contribution in [0.2, 0.25) is 0 Å². The van der Waals surface area contributed by atoms with Crippen LogP contribution in [0, 0.1) is 5.82 Å². The molecule has 0 atom stereocenters. The molecule has 2 N–H and O–H groups in total. The summed E-state index contributed by atoms with van der Waals surface area (Å²) < 4.78 is 16.1. The van der Waals surface area contributed by atoms with Crippen molar-refractivity contribution in [3.8, 4) is 0 Å². The smallest absolute Gasteiger partial charge is 0.191 e. The molecule has 24 heavy (non-hydrogen) atoms. The standard InChI is InChI=1S/C18H26FN5/c1-4-20-18(21-9-12-24-10-5-6-11-24)22-14-15-7-8-17(23(2)3)16(19)13-15/h5-8,10-11,13H,4,9,12,14H2,1-3H3,(H2,20,21,22). The van der Waals surface area contributed by atoms with E-state index in [1.165, 1.54) is 0 Å². The molecule has 0 aliphatic heterocycles. The molecule has 5 nitrogen and oxygen atoms in total. The molecule has 0 saturated heterocycles. The number of halogens is 1. The molecule has 0 amide bonds. The maximum atomic E-state index is 14.0. The molecule has 1 heterocycles. The van der Waals surface area contributed by atoms with E-state index in [-0.39, 0.29) is 5.82 Å². The molecular formula is C18H26FN5. The Balaban J connectivity index is 1.93. The Bertz CT molecular complexity index is 649. The van der Waals surface area contributed by atoms with E-state index in [0.29, 0.717) is 12.2 Å². The fourth-order valence-electron chi connectivity index (χ4n) is 2.35. The van der Waals surface area contributed by atoms with Gasteiger partial charge in [-0.25, -0.2) is 9.38 Å². The maximum absolute atomic E-state index is 14.0. The Labute approximate surface area is 143 Å². The maximum Gasteiger partial charge on any atom is 0.191 e. The quantitative estimate of drug-likeness (QED) is 0.605. The average Bonchev–Trinajstić information content (AvgIpc) is 3.05. The predicted octanol–water partition coefficient (Wildman–Crippen LogP) is 2.45. The summed E-state index contributed by atoms with van der Waals surface area (Å²) in [6.07, 6.45) is 4.06. The predicted molar refractivity (Wildman–Crippen MR) is 98.0 cm³/mol. The lowest BCUT2D eigenvalue weighted by Gasteiger charge is -2.14. The van der Waals surface area contributed by atoms with E-state index in [2.05, 4.69) is 20.2 Å². The van der Waals surface area contributed by atoms with Gasteiger partial charge in [0.1, 0.15) is 5.82 Å². The van der Waals surface area contributed by atoms with E-state index in [1.807, 2.05) is 51.6 Å². The van der Waals surface area contributed by atoms with E-state index in [1.54, 1.807) is 17.0 Å². The van der Waals surface area contributed by atoms with E-state index in [9.17, 15) is 4.39 Å². The van der Waals surface area contributed by atoms with E-state index in [0.717, 1.165) is 31.2 Å². The highest BCUT2D eigenvalue weighted by atomic mass is 19.1. The van der Waals surface area contributed by atoms with Crippen LogP contribution in [0.1, 0.15) is 12.5 Å². The summed E-state index contributed by atoms with van der Waals surface area (Å²) in [5, 5.41) is 6.49. The van der Waals surface area contributed by atoms with Crippen LogP contribution in [-0.2, 0) is 13.1 Å². The third-order valence-electron chi connectivity index (χ3n) is 3.59. The summed E-state index contributed by atoms with van der Waals surface area (Å²) in [4.78, 5) is 6.28. The lowest BCUT2D eigenvalue weighted by Crippen LogP contribution is -2.38. The second-order valence-electron chi connectivity index (χ2n) is 5.72. The van der Waals surface area contributed by atoms with Crippen molar-refractivity contribution < 1.29 is 4.39 Å². The Morgan fingerprint density at radius 2 is 1.96 bits per heavy atom. The van der Waals surface area contributed by atoms with Gasteiger partial charge in [0, 0.05) is 46.1 Å². The van der Waals surface area contributed by atoms with E-state index in [4.69, 9.17) is 0 Å². The van der Waals surface area contributed by atoms with E-state index < -0.39 is 0 Å². The van der Waals surface area contributed by atoms with Crippen LogP contribution in [-0.4, -0.2) is 37.7 Å². The number of anilines is 1. The van der Waals surface area contributed by atoms with Gasteiger partial charge in [0.25, 0.3) is 0 Å². The largest absolute Gasteiger partial charge is 0.375 e. The highest BCUT2D eigenvalue weighted by Gasteiger charge is 2.05. The number of benzene rings is 1. The Kier molecular flexibility index (Phi) is 6.66. The van der Waals surface area contributed by atoms with Gasteiger partial charge in [-0.1, -0.05) is 6.07 Å². The second kappa shape index (κ2) is 8.96. The topological polar surface area (TPSA) is 44.6 Å². The lowest BCUT2D eigenvalue weighted by atomic mass is 10.2. The van der Waals surface area contributed by atoms with Crippen LogP contribution < -0.4 is 15.5 Å². The minimum absolute atomic E-state index is 0.224. The summed E-state index contributed by atoms with van der Waals surface area (Å²) in [7, 11) is 3.66.